The summed E-state index contributed by atoms with van der Waals surface area (Å²) in [7, 11) is 1.57. The van der Waals surface area contributed by atoms with Gasteiger partial charge in [-0.3, -0.25) is 14.9 Å². The Labute approximate surface area is 145 Å². The second kappa shape index (κ2) is 7.34. The number of carbonyl (C=O) groups is 1. The number of ether oxygens (including phenoxy) is 2. The largest absolute Gasteiger partial charge is 0.497 e. The van der Waals surface area contributed by atoms with Gasteiger partial charge in [0.1, 0.15) is 11.9 Å². The molecule has 1 atom stereocenters. The van der Waals surface area contributed by atoms with E-state index in [1.807, 2.05) is 18.2 Å². The van der Waals surface area contributed by atoms with E-state index >= 15 is 0 Å². The molecule has 2 aromatic rings. The molecule has 130 valence electrons. The summed E-state index contributed by atoms with van der Waals surface area (Å²) < 4.78 is 10.8. The van der Waals surface area contributed by atoms with Crippen LogP contribution in [0.1, 0.15) is 35.6 Å². The molecule has 25 heavy (non-hydrogen) atoms. The summed E-state index contributed by atoms with van der Waals surface area (Å²) in [6.07, 6.45) is 2.12. The van der Waals surface area contributed by atoms with Crippen LogP contribution in [-0.2, 0) is 22.4 Å². The Morgan fingerprint density at radius 1 is 1.28 bits per heavy atom. The predicted octanol–water partition coefficient (Wildman–Crippen LogP) is 3.77. The van der Waals surface area contributed by atoms with Crippen LogP contribution in [0.25, 0.3) is 0 Å². The molecule has 1 aliphatic carbocycles. The molecule has 0 saturated heterocycles. The molecule has 0 fully saturated rings. The van der Waals surface area contributed by atoms with Crippen LogP contribution in [0.3, 0.4) is 0 Å². The lowest BCUT2D eigenvalue weighted by Crippen LogP contribution is -2.18. The van der Waals surface area contributed by atoms with Crippen molar-refractivity contribution < 1.29 is 19.2 Å². The quantitative estimate of drug-likeness (QED) is 0.470. The van der Waals surface area contributed by atoms with Crippen LogP contribution in [0, 0.1) is 10.1 Å². The lowest BCUT2D eigenvalue weighted by molar-refractivity contribution is -0.385. The number of aryl methyl sites for hydroxylation is 1. The van der Waals surface area contributed by atoms with Crippen molar-refractivity contribution in [1.82, 2.24) is 0 Å². The summed E-state index contributed by atoms with van der Waals surface area (Å²) in [5.74, 6) is 0.335. The molecule has 1 aliphatic rings. The number of non-ortho nitro benzene ring substituents is 1. The van der Waals surface area contributed by atoms with Crippen LogP contribution < -0.4 is 4.74 Å². The van der Waals surface area contributed by atoms with Gasteiger partial charge in [0.15, 0.2) is 0 Å². The topological polar surface area (TPSA) is 78.7 Å². The third-order valence-corrected chi connectivity index (χ3v) is 4.36. The van der Waals surface area contributed by atoms with Crippen molar-refractivity contribution in [1.29, 1.82) is 0 Å². The minimum Gasteiger partial charge on any atom is -0.497 e. The predicted molar refractivity (Wildman–Crippen MR) is 91.6 cm³/mol. The summed E-state index contributed by atoms with van der Waals surface area (Å²) in [4.78, 5) is 22.9. The van der Waals surface area contributed by atoms with Gasteiger partial charge in [-0.25, -0.2) is 0 Å². The van der Waals surface area contributed by atoms with Gasteiger partial charge in [0, 0.05) is 17.7 Å². The zero-order chi connectivity index (χ0) is 17.8. The Hall–Kier alpha value is -2.89. The third kappa shape index (κ3) is 3.96. The van der Waals surface area contributed by atoms with E-state index in [2.05, 4.69) is 0 Å². The molecule has 0 heterocycles. The molecule has 0 bridgehead atoms. The van der Waals surface area contributed by atoms with Crippen LogP contribution >= 0.6 is 0 Å². The normalized spacial score (nSPS) is 16.0. The highest BCUT2D eigenvalue weighted by Gasteiger charge is 2.25. The first-order valence-corrected chi connectivity index (χ1v) is 8.16. The van der Waals surface area contributed by atoms with Crippen LogP contribution in [-0.4, -0.2) is 18.0 Å². The van der Waals surface area contributed by atoms with E-state index in [0.717, 1.165) is 29.5 Å². The van der Waals surface area contributed by atoms with Crippen LogP contribution in [0.15, 0.2) is 42.5 Å². The van der Waals surface area contributed by atoms with E-state index < -0.39 is 11.0 Å². The highest BCUT2D eigenvalue weighted by atomic mass is 16.6. The van der Waals surface area contributed by atoms with E-state index in [-0.39, 0.29) is 18.1 Å². The molecule has 3 rings (SSSR count). The van der Waals surface area contributed by atoms with Gasteiger partial charge in [-0.15, -0.1) is 0 Å². The fourth-order valence-corrected chi connectivity index (χ4v) is 3.13. The number of rotatable bonds is 5. The van der Waals surface area contributed by atoms with Gasteiger partial charge in [0.05, 0.1) is 18.5 Å². The number of hydrogen-bond acceptors (Lipinski definition) is 5. The minimum atomic E-state index is -0.429. The van der Waals surface area contributed by atoms with Crippen molar-refractivity contribution in [2.45, 2.75) is 31.8 Å². The number of methoxy groups -OCH3 is 1. The molecule has 6 nitrogen and oxygen atoms in total. The molecular weight excluding hydrogens is 322 g/mol. The number of hydrogen-bond donors (Lipinski definition) is 0. The number of esters is 1. The van der Waals surface area contributed by atoms with Crippen molar-refractivity contribution in [3.05, 3.63) is 69.3 Å². The monoisotopic (exact) mass is 341 g/mol. The molecule has 6 heteroatoms. The minimum absolute atomic E-state index is 0.0227. The first-order valence-electron chi connectivity index (χ1n) is 8.16. The molecule has 1 unspecified atom stereocenters. The lowest BCUT2D eigenvalue weighted by Gasteiger charge is -2.25. The first kappa shape index (κ1) is 17.0. The fraction of sp³-hybridized carbons (Fsp3) is 0.316. The van der Waals surface area contributed by atoms with Crippen LogP contribution in [0.5, 0.6) is 5.75 Å². The van der Waals surface area contributed by atoms with Crippen molar-refractivity contribution >= 4 is 11.7 Å². The van der Waals surface area contributed by atoms with Gasteiger partial charge in [-0.2, -0.15) is 0 Å². The SMILES string of the molecule is COc1cccc(CC(=O)OC2CCCc3ccc([N+](=O)[O-])cc32)c1. The van der Waals surface area contributed by atoms with Crippen molar-refractivity contribution in [3.8, 4) is 5.75 Å². The molecular formula is C19H19NO5. The number of nitrogens with zero attached hydrogens (tertiary/aromatic N) is 1. The summed E-state index contributed by atoms with van der Waals surface area (Å²) in [5.41, 5.74) is 2.59. The van der Waals surface area contributed by atoms with Gasteiger partial charge in [-0.05, 0) is 42.5 Å². The molecule has 2 aromatic carbocycles. The van der Waals surface area contributed by atoms with E-state index in [4.69, 9.17) is 9.47 Å². The maximum atomic E-state index is 12.3. The Morgan fingerprint density at radius 2 is 2.12 bits per heavy atom. The second-order valence-corrected chi connectivity index (χ2v) is 6.04. The van der Waals surface area contributed by atoms with Crippen molar-refractivity contribution in [2.24, 2.45) is 0 Å². The van der Waals surface area contributed by atoms with Crippen LogP contribution in [0.2, 0.25) is 0 Å². The molecule has 0 aliphatic heterocycles. The van der Waals surface area contributed by atoms with E-state index in [9.17, 15) is 14.9 Å². The van der Waals surface area contributed by atoms with Crippen LogP contribution in [0.4, 0.5) is 5.69 Å². The Balaban J connectivity index is 1.74. The molecule has 0 spiro atoms. The number of fused-ring (bicyclic) bond motifs is 1. The maximum absolute atomic E-state index is 12.3. The van der Waals surface area contributed by atoms with E-state index in [1.165, 1.54) is 12.1 Å². The number of nitro benzene ring substituents is 1. The van der Waals surface area contributed by atoms with Gasteiger partial charge in [-0.1, -0.05) is 18.2 Å². The number of carbonyl (C=O) groups excluding carboxylic acids is 1. The third-order valence-electron chi connectivity index (χ3n) is 4.36. The standard InChI is InChI=1S/C19H19NO5/c1-24-16-6-2-4-13(10-16)11-19(21)25-18-7-3-5-14-8-9-15(20(22)23)12-17(14)18/h2,4,6,8-10,12,18H,3,5,7,11H2,1H3. The van der Waals surface area contributed by atoms with Gasteiger partial charge in [0.25, 0.3) is 5.69 Å². The summed E-state index contributed by atoms with van der Waals surface area (Å²) >= 11 is 0. The zero-order valence-electron chi connectivity index (χ0n) is 13.9. The molecule has 0 aromatic heterocycles. The smallest absolute Gasteiger partial charge is 0.310 e. The molecule has 0 N–H and O–H groups in total. The number of benzene rings is 2. The Kier molecular flexibility index (Phi) is 4.97. The van der Waals surface area contributed by atoms with Gasteiger partial charge < -0.3 is 9.47 Å². The highest BCUT2D eigenvalue weighted by molar-refractivity contribution is 5.73. The van der Waals surface area contributed by atoms with E-state index in [0.29, 0.717) is 12.2 Å². The van der Waals surface area contributed by atoms with Gasteiger partial charge >= 0.3 is 5.97 Å². The summed E-state index contributed by atoms with van der Waals surface area (Å²) in [5, 5.41) is 11.0. The Bertz CT molecular complexity index is 802. The molecule has 0 amide bonds. The van der Waals surface area contributed by atoms with Gasteiger partial charge in [0.2, 0.25) is 0 Å². The first-order chi connectivity index (χ1) is 12.1. The fourth-order valence-electron chi connectivity index (χ4n) is 3.13. The lowest BCUT2D eigenvalue weighted by atomic mass is 9.89. The Morgan fingerprint density at radius 3 is 2.88 bits per heavy atom. The molecule has 0 saturated carbocycles. The van der Waals surface area contributed by atoms with E-state index in [1.54, 1.807) is 19.2 Å². The molecule has 0 radical (unpaired) electrons. The maximum Gasteiger partial charge on any atom is 0.310 e. The average molecular weight is 341 g/mol. The summed E-state index contributed by atoms with van der Waals surface area (Å²) in [6.45, 7) is 0. The number of nitro groups is 1. The van der Waals surface area contributed by atoms with Crippen molar-refractivity contribution in [3.63, 3.8) is 0 Å². The van der Waals surface area contributed by atoms with Crippen molar-refractivity contribution in [2.75, 3.05) is 7.11 Å². The average Bonchev–Trinajstić information content (AvgIpc) is 2.61. The zero-order valence-corrected chi connectivity index (χ0v) is 13.9. The second-order valence-electron chi connectivity index (χ2n) is 6.04. The summed E-state index contributed by atoms with van der Waals surface area (Å²) in [6, 6.07) is 12.0. The highest BCUT2D eigenvalue weighted by Crippen LogP contribution is 2.35.